The number of hydrogen-bond donors (Lipinski definition) is 1. The number of aromatic hydroxyl groups is 1. The lowest BCUT2D eigenvalue weighted by atomic mass is 9.85. The summed E-state index contributed by atoms with van der Waals surface area (Å²) in [5.41, 5.74) is 1.35. The summed E-state index contributed by atoms with van der Waals surface area (Å²) in [4.78, 5) is 0. The summed E-state index contributed by atoms with van der Waals surface area (Å²) in [5.74, 6) is 1.65. The van der Waals surface area contributed by atoms with Gasteiger partial charge in [0.2, 0.25) is 0 Å². The van der Waals surface area contributed by atoms with E-state index in [4.69, 9.17) is 0 Å². The predicted molar refractivity (Wildman–Crippen MR) is 71.9 cm³/mol. The Morgan fingerprint density at radius 1 is 1.06 bits per heavy atom. The van der Waals surface area contributed by atoms with Gasteiger partial charge in [0.05, 0.1) is 0 Å². The Morgan fingerprint density at radius 2 is 1.56 bits per heavy atom. The Labute approximate surface area is 101 Å². The van der Waals surface area contributed by atoms with Crippen LogP contribution in [0.4, 0.5) is 0 Å². The van der Waals surface area contributed by atoms with Crippen LogP contribution in [0.25, 0.3) is 0 Å². The number of hydrogen-bond acceptors (Lipinski definition) is 1. The first-order chi connectivity index (χ1) is 7.65. The zero-order valence-corrected chi connectivity index (χ0v) is 11.3. The van der Waals surface area contributed by atoms with Crippen molar-refractivity contribution in [1.29, 1.82) is 0 Å². The largest absolute Gasteiger partial charge is 0.508 e. The molecule has 0 spiro atoms. The highest BCUT2D eigenvalue weighted by Crippen LogP contribution is 2.29. The fourth-order valence-corrected chi connectivity index (χ4v) is 1.92. The summed E-state index contributed by atoms with van der Waals surface area (Å²) in [6, 6.07) is 7.63. The van der Waals surface area contributed by atoms with Gasteiger partial charge in [-0.2, -0.15) is 0 Å². The highest BCUT2D eigenvalue weighted by Gasteiger charge is 2.14. The van der Waals surface area contributed by atoms with Crippen LogP contribution >= 0.6 is 0 Å². The molecule has 1 N–H and O–H groups in total. The van der Waals surface area contributed by atoms with Crippen LogP contribution in [-0.4, -0.2) is 5.11 Å². The number of benzene rings is 1. The molecule has 16 heavy (non-hydrogen) atoms. The summed E-state index contributed by atoms with van der Waals surface area (Å²) >= 11 is 0. The first kappa shape index (κ1) is 15.0. The summed E-state index contributed by atoms with van der Waals surface area (Å²) in [6.45, 7) is 10.7. The van der Waals surface area contributed by atoms with Crippen LogP contribution in [0.2, 0.25) is 0 Å². The molecule has 92 valence electrons. The van der Waals surface area contributed by atoms with E-state index in [2.05, 4.69) is 20.8 Å². The van der Waals surface area contributed by atoms with Crippen molar-refractivity contribution in [2.24, 2.45) is 5.92 Å². The monoisotopic (exact) mass is 222 g/mol. The van der Waals surface area contributed by atoms with E-state index in [1.807, 2.05) is 26.0 Å². The van der Waals surface area contributed by atoms with Crippen molar-refractivity contribution in [1.82, 2.24) is 0 Å². The van der Waals surface area contributed by atoms with E-state index < -0.39 is 0 Å². The molecule has 0 aliphatic rings. The zero-order chi connectivity index (χ0) is 12.6. The molecule has 0 amide bonds. The smallest absolute Gasteiger partial charge is 0.115 e. The third-order valence-electron chi connectivity index (χ3n) is 2.73. The molecule has 1 aromatic carbocycles. The van der Waals surface area contributed by atoms with Crippen molar-refractivity contribution >= 4 is 0 Å². The van der Waals surface area contributed by atoms with Crippen LogP contribution in [0.3, 0.4) is 0 Å². The van der Waals surface area contributed by atoms with Crippen molar-refractivity contribution in [3.05, 3.63) is 29.8 Å². The molecule has 1 unspecified atom stereocenters. The Bertz CT molecular complexity index is 261. The average Bonchev–Trinajstić information content (AvgIpc) is 2.30. The highest BCUT2D eigenvalue weighted by atomic mass is 16.3. The Balaban J connectivity index is 0.00000106. The van der Waals surface area contributed by atoms with Gasteiger partial charge in [-0.25, -0.2) is 0 Å². The maximum absolute atomic E-state index is 9.21. The molecule has 0 saturated heterocycles. The normalized spacial score (nSPS) is 11.9. The fourth-order valence-electron chi connectivity index (χ4n) is 1.92. The molecular weight excluding hydrogens is 196 g/mol. The van der Waals surface area contributed by atoms with E-state index >= 15 is 0 Å². The van der Waals surface area contributed by atoms with Gasteiger partial charge in [-0.15, -0.1) is 0 Å². The Morgan fingerprint density at radius 3 is 1.94 bits per heavy atom. The van der Waals surface area contributed by atoms with Crippen molar-refractivity contribution in [2.75, 3.05) is 0 Å². The number of rotatable bonds is 4. The number of phenolic OH excluding ortho intramolecular Hbond substituents is 1. The van der Waals surface area contributed by atoms with E-state index in [9.17, 15) is 5.11 Å². The minimum Gasteiger partial charge on any atom is -0.508 e. The second-order valence-electron chi connectivity index (χ2n) is 4.23. The summed E-state index contributed by atoms with van der Waals surface area (Å²) < 4.78 is 0. The van der Waals surface area contributed by atoms with Crippen LogP contribution < -0.4 is 0 Å². The lowest BCUT2D eigenvalue weighted by Crippen LogP contribution is -2.06. The molecule has 0 aliphatic heterocycles. The molecule has 1 rings (SSSR count). The molecule has 0 radical (unpaired) electrons. The summed E-state index contributed by atoms with van der Waals surface area (Å²) in [5, 5.41) is 9.21. The van der Waals surface area contributed by atoms with Crippen molar-refractivity contribution in [2.45, 2.75) is 53.4 Å². The third kappa shape index (κ3) is 4.69. The standard InChI is InChI=1S/C13H20O.C2H6/c1-4-5-13(10(2)3)11-6-8-12(14)9-7-11;1-2/h6-10,13-14H,4-5H2,1-3H3;1-2H3. The quantitative estimate of drug-likeness (QED) is 0.763. The minimum absolute atomic E-state index is 0.354. The van der Waals surface area contributed by atoms with Gasteiger partial charge in [0, 0.05) is 0 Å². The maximum Gasteiger partial charge on any atom is 0.115 e. The molecule has 1 heteroatoms. The number of phenols is 1. The second kappa shape index (κ2) is 8.20. The lowest BCUT2D eigenvalue weighted by Gasteiger charge is -2.20. The molecule has 1 aromatic rings. The highest BCUT2D eigenvalue weighted by molar-refractivity contribution is 5.28. The average molecular weight is 222 g/mol. The molecule has 0 fully saturated rings. The second-order valence-corrected chi connectivity index (χ2v) is 4.23. The van der Waals surface area contributed by atoms with E-state index in [0.29, 0.717) is 17.6 Å². The van der Waals surface area contributed by atoms with Gasteiger partial charge in [-0.1, -0.05) is 53.2 Å². The topological polar surface area (TPSA) is 20.2 Å². The van der Waals surface area contributed by atoms with Crippen LogP contribution in [0, 0.1) is 5.92 Å². The Kier molecular flexibility index (Phi) is 7.70. The summed E-state index contributed by atoms with van der Waals surface area (Å²) in [6.07, 6.45) is 2.44. The van der Waals surface area contributed by atoms with E-state index in [1.54, 1.807) is 12.1 Å². The van der Waals surface area contributed by atoms with Gasteiger partial charge in [0.15, 0.2) is 0 Å². The lowest BCUT2D eigenvalue weighted by molar-refractivity contribution is 0.458. The van der Waals surface area contributed by atoms with Gasteiger partial charge in [0.1, 0.15) is 5.75 Å². The maximum atomic E-state index is 9.21. The Hall–Kier alpha value is -0.980. The third-order valence-corrected chi connectivity index (χ3v) is 2.73. The van der Waals surface area contributed by atoms with Crippen LogP contribution in [0.1, 0.15) is 58.9 Å². The van der Waals surface area contributed by atoms with E-state index in [0.717, 1.165) is 0 Å². The molecule has 1 nitrogen and oxygen atoms in total. The fraction of sp³-hybridized carbons (Fsp3) is 0.600. The van der Waals surface area contributed by atoms with Gasteiger partial charge in [-0.05, 0) is 36.0 Å². The van der Waals surface area contributed by atoms with E-state index in [-0.39, 0.29) is 0 Å². The minimum atomic E-state index is 0.354. The van der Waals surface area contributed by atoms with Gasteiger partial charge in [0.25, 0.3) is 0 Å². The van der Waals surface area contributed by atoms with E-state index in [1.165, 1.54) is 18.4 Å². The molecule has 0 bridgehead atoms. The van der Waals surface area contributed by atoms with Gasteiger partial charge in [-0.3, -0.25) is 0 Å². The molecule has 0 heterocycles. The molecule has 1 atom stereocenters. The van der Waals surface area contributed by atoms with Crippen LogP contribution in [-0.2, 0) is 0 Å². The first-order valence-electron chi connectivity index (χ1n) is 6.44. The molecule has 0 aromatic heterocycles. The first-order valence-corrected chi connectivity index (χ1v) is 6.44. The van der Waals surface area contributed by atoms with Gasteiger partial charge < -0.3 is 5.11 Å². The van der Waals surface area contributed by atoms with Crippen molar-refractivity contribution in [3.63, 3.8) is 0 Å². The van der Waals surface area contributed by atoms with Crippen LogP contribution in [0.5, 0.6) is 5.75 Å². The predicted octanol–water partition coefficient (Wildman–Crippen LogP) is 4.96. The zero-order valence-electron chi connectivity index (χ0n) is 11.3. The van der Waals surface area contributed by atoms with Crippen molar-refractivity contribution in [3.8, 4) is 5.75 Å². The van der Waals surface area contributed by atoms with Crippen molar-refractivity contribution < 1.29 is 5.11 Å². The molecule has 0 saturated carbocycles. The van der Waals surface area contributed by atoms with Crippen LogP contribution in [0.15, 0.2) is 24.3 Å². The molecule has 0 aliphatic carbocycles. The van der Waals surface area contributed by atoms with Gasteiger partial charge >= 0.3 is 0 Å². The SMILES string of the molecule is CC.CCCC(c1ccc(O)cc1)C(C)C. The molecular formula is C15H26O. The summed E-state index contributed by atoms with van der Waals surface area (Å²) in [7, 11) is 0.